The molecule has 0 heterocycles. The Labute approximate surface area is 93.5 Å². The maximum atomic E-state index is 5.14. The summed E-state index contributed by atoms with van der Waals surface area (Å²) < 4.78 is 10.3. The van der Waals surface area contributed by atoms with E-state index >= 15 is 0 Å². The van der Waals surface area contributed by atoms with E-state index in [1.165, 1.54) is 32.1 Å². The zero-order valence-corrected chi connectivity index (χ0v) is 10.1. The topological polar surface area (TPSA) is 30.5 Å². The van der Waals surface area contributed by atoms with Gasteiger partial charge in [0.25, 0.3) is 0 Å². The van der Waals surface area contributed by atoms with Crippen molar-refractivity contribution in [1.82, 2.24) is 5.32 Å². The van der Waals surface area contributed by atoms with Crippen LogP contribution in [0.5, 0.6) is 0 Å². The van der Waals surface area contributed by atoms with Gasteiger partial charge < -0.3 is 14.8 Å². The van der Waals surface area contributed by atoms with E-state index in [2.05, 4.69) is 5.32 Å². The lowest BCUT2D eigenvalue weighted by Gasteiger charge is -2.23. The summed E-state index contributed by atoms with van der Waals surface area (Å²) in [5.74, 6) is 0. The molecule has 1 rings (SSSR count). The largest absolute Gasteiger partial charge is 0.356 e. The molecule has 1 aliphatic rings. The molecule has 0 aromatic carbocycles. The smallest absolute Gasteiger partial charge is 0.156 e. The van der Waals surface area contributed by atoms with Crippen LogP contribution in [0.25, 0.3) is 0 Å². The van der Waals surface area contributed by atoms with Gasteiger partial charge in [-0.15, -0.1) is 0 Å². The number of nitrogens with one attached hydrogen (secondary N) is 1. The van der Waals surface area contributed by atoms with Gasteiger partial charge in [-0.3, -0.25) is 0 Å². The Hall–Kier alpha value is -0.120. The van der Waals surface area contributed by atoms with Crippen LogP contribution in [-0.2, 0) is 9.47 Å². The van der Waals surface area contributed by atoms with Crippen molar-refractivity contribution in [1.29, 1.82) is 0 Å². The van der Waals surface area contributed by atoms with Crippen LogP contribution in [0.3, 0.4) is 0 Å². The molecular formula is C12H25NO2. The molecule has 90 valence electrons. The van der Waals surface area contributed by atoms with Gasteiger partial charge in [-0.25, -0.2) is 0 Å². The fourth-order valence-electron chi connectivity index (χ4n) is 2.21. The second-order valence-corrected chi connectivity index (χ2v) is 4.33. The number of hydrogen-bond donors (Lipinski definition) is 1. The fourth-order valence-corrected chi connectivity index (χ4v) is 2.21. The fraction of sp³-hybridized carbons (Fsp3) is 1.00. The van der Waals surface area contributed by atoms with Crippen molar-refractivity contribution in [3.8, 4) is 0 Å². The Kier molecular flexibility index (Phi) is 6.98. The minimum atomic E-state index is -0.0295. The third-order valence-electron chi connectivity index (χ3n) is 3.18. The molecule has 1 saturated carbocycles. The van der Waals surface area contributed by atoms with Crippen LogP contribution < -0.4 is 5.32 Å². The molecular weight excluding hydrogens is 190 g/mol. The van der Waals surface area contributed by atoms with Gasteiger partial charge in [0, 0.05) is 20.3 Å². The predicted octanol–water partition coefficient (Wildman–Crippen LogP) is 2.31. The number of rotatable bonds is 7. The van der Waals surface area contributed by atoms with Crippen molar-refractivity contribution >= 4 is 0 Å². The quantitative estimate of drug-likeness (QED) is 0.522. The summed E-state index contributed by atoms with van der Waals surface area (Å²) >= 11 is 0. The second-order valence-electron chi connectivity index (χ2n) is 4.33. The minimum Gasteiger partial charge on any atom is -0.356 e. The van der Waals surface area contributed by atoms with Crippen molar-refractivity contribution in [3.63, 3.8) is 0 Å². The van der Waals surface area contributed by atoms with E-state index in [0.29, 0.717) is 0 Å². The van der Waals surface area contributed by atoms with Gasteiger partial charge in [-0.2, -0.15) is 0 Å². The third kappa shape index (κ3) is 5.50. The lowest BCUT2D eigenvalue weighted by atomic mass is 9.95. The van der Waals surface area contributed by atoms with E-state index in [-0.39, 0.29) is 6.29 Å². The molecule has 3 heteroatoms. The molecule has 0 spiro atoms. The van der Waals surface area contributed by atoms with Gasteiger partial charge in [-0.1, -0.05) is 19.3 Å². The molecule has 1 N–H and O–H groups in total. The van der Waals surface area contributed by atoms with E-state index < -0.39 is 0 Å². The minimum absolute atomic E-state index is 0.0295. The second kappa shape index (κ2) is 8.08. The SMILES string of the molecule is COC(CCCNC1CCCCC1)OC. The average molecular weight is 215 g/mol. The number of methoxy groups -OCH3 is 2. The van der Waals surface area contributed by atoms with Crippen molar-refractivity contribution in [3.05, 3.63) is 0 Å². The van der Waals surface area contributed by atoms with E-state index in [1.54, 1.807) is 14.2 Å². The Bertz CT molecular complexity index is 143. The summed E-state index contributed by atoms with van der Waals surface area (Å²) in [4.78, 5) is 0. The number of hydrogen-bond acceptors (Lipinski definition) is 3. The molecule has 0 aromatic heterocycles. The maximum Gasteiger partial charge on any atom is 0.156 e. The molecule has 0 saturated heterocycles. The molecule has 1 aliphatic carbocycles. The molecule has 0 unspecified atom stereocenters. The molecule has 0 bridgehead atoms. The Morgan fingerprint density at radius 3 is 2.40 bits per heavy atom. The molecule has 1 fully saturated rings. The predicted molar refractivity (Wildman–Crippen MR) is 61.9 cm³/mol. The van der Waals surface area contributed by atoms with E-state index in [1.807, 2.05) is 0 Å². The molecule has 15 heavy (non-hydrogen) atoms. The Balaban J connectivity index is 1.95. The molecule has 3 nitrogen and oxygen atoms in total. The number of ether oxygens (including phenoxy) is 2. The summed E-state index contributed by atoms with van der Waals surface area (Å²) in [5, 5.41) is 3.61. The van der Waals surface area contributed by atoms with Gasteiger partial charge in [0.15, 0.2) is 6.29 Å². The van der Waals surface area contributed by atoms with Crippen molar-refractivity contribution in [2.45, 2.75) is 57.3 Å². The monoisotopic (exact) mass is 215 g/mol. The zero-order valence-electron chi connectivity index (χ0n) is 10.1. The highest BCUT2D eigenvalue weighted by Gasteiger charge is 2.12. The lowest BCUT2D eigenvalue weighted by molar-refractivity contribution is -0.106. The summed E-state index contributed by atoms with van der Waals surface area (Å²) in [6.45, 7) is 1.09. The standard InChI is InChI=1S/C12H25NO2/c1-14-12(15-2)9-6-10-13-11-7-4-3-5-8-11/h11-13H,3-10H2,1-2H3. The zero-order chi connectivity index (χ0) is 10.9. The van der Waals surface area contributed by atoms with Gasteiger partial charge in [0.1, 0.15) is 0 Å². The first kappa shape index (κ1) is 12.9. The first-order chi connectivity index (χ1) is 7.36. The van der Waals surface area contributed by atoms with E-state index in [4.69, 9.17) is 9.47 Å². The van der Waals surface area contributed by atoms with Crippen LogP contribution in [0, 0.1) is 0 Å². The summed E-state index contributed by atoms with van der Waals surface area (Å²) in [5.41, 5.74) is 0. The van der Waals surface area contributed by atoms with E-state index in [0.717, 1.165) is 25.4 Å². The third-order valence-corrected chi connectivity index (χ3v) is 3.18. The molecule has 0 radical (unpaired) electrons. The van der Waals surface area contributed by atoms with Crippen LogP contribution in [0.4, 0.5) is 0 Å². The van der Waals surface area contributed by atoms with Crippen molar-refractivity contribution in [2.24, 2.45) is 0 Å². The first-order valence-corrected chi connectivity index (χ1v) is 6.15. The van der Waals surface area contributed by atoms with Crippen molar-refractivity contribution < 1.29 is 9.47 Å². The highest BCUT2D eigenvalue weighted by atomic mass is 16.7. The van der Waals surface area contributed by atoms with Gasteiger partial charge in [-0.05, 0) is 32.2 Å². The normalized spacial score (nSPS) is 18.6. The molecule has 0 atom stereocenters. The molecule has 0 aromatic rings. The summed E-state index contributed by atoms with van der Waals surface area (Å²) in [7, 11) is 3.39. The van der Waals surface area contributed by atoms with Crippen LogP contribution in [0.2, 0.25) is 0 Å². The van der Waals surface area contributed by atoms with Gasteiger partial charge in [0.05, 0.1) is 0 Å². The van der Waals surface area contributed by atoms with Crippen LogP contribution in [-0.4, -0.2) is 33.1 Å². The summed E-state index contributed by atoms with van der Waals surface area (Å²) in [6.07, 6.45) is 9.02. The maximum absolute atomic E-state index is 5.14. The first-order valence-electron chi connectivity index (χ1n) is 6.15. The van der Waals surface area contributed by atoms with Crippen molar-refractivity contribution in [2.75, 3.05) is 20.8 Å². The Morgan fingerprint density at radius 2 is 1.80 bits per heavy atom. The van der Waals surface area contributed by atoms with Gasteiger partial charge in [0.2, 0.25) is 0 Å². The van der Waals surface area contributed by atoms with Gasteiger partial charge >= 0.3 is 0 Å². The van der Waals surface area contributed by atoms with E-state index in [9.17, 15) is 0 Å². The highest BCUT2D eigenvalue weighted by molar-refractivity contribution is 4.71. The highest BCUT2D eigenvalue weighted by Crippen LogP contribution is 2.17. The Morgan fingerprint density at radius 1 is 1.13 bits per heavy atom. The summed E-state index contributed by atoms with van der Waals surface area (Å²) in [6, 6.07) is 0.766. The molecule has 0 amide bonds. The molecule has 0 aliphatic heterocycles. The van der Waals surface area contributed by atoms with Crippen LogP contribution >= 0.6 is 0 Å². The van der Waals surface area contributed by atoms with Crippen LogP contribution in [0.1, 0.15) is 44.9 Å². The average Bonchev–Trinajstić information content (AvgIpc) is 2.31. The van der Waals surface area contributed by atoms with Crippen LogP contribution in [0.15, 0.2) is 0 Å². The lowest BCUT2D eigenvalue weighted by Crippen LogP contribution is -2.32.